The lowest BCUT2D eigenvalue weighted by Crippen LogP contribution is -2.46. The summed E-state index contributed by atoms with van der Waals surface area (Å²) in [4.78, 5) is 34.4. The Morgan fingerprint density at radius 1 is 1.03 bits per heavy atom. The molecule has 0 radical (unpaired) electrons. The van der Waals surface area contributed by atoms with Gasteiger partial charge in [-0.15, -0.1) is 0 Å². The number of rotatable bonds is 13. The quantitative estimate of drug-likeness (QED) is 0.172. The van der Waals surface area contributed by atoms with Gasteiger partial charge in [0.2, 0.25) is 5.91 Å². The number of aliphatic hydroxyl groups excluding tert-OH is 2. The lowest BCUT2D eigenvalue weighted by molar-refractivity contribution is -0.129. The summed E-state index contributed by atoms with van der Waals surface area (Å²) in [5.41, 5.74) is 2.47. The third-order valence-corrected chi connectivity index (χ3v) is 6.07. The normalized spacial score (nSPS) is 15.1. The molecule has 0 bridgehead atoms. The number of nitrogens with zero attached hydrogens (tertiary/aromatic N) is 1. The van der Waals surface area contributed by atoms with Gasteiger partial charge in [-0.1, -0.05) is 55.4 Å². The molecule has 10 nitrogen and oxygen atoms in total. The number of nitrogens with one attached hydrogen (secondary N) is 3. The van der Waals surface area contributed by atoms with E-state index in [4.69, 9.17) is 9.57 Å². The van der Waals surface area contributed by atoms with Crippen LogP contribution in [0.5, 0.6) is 0 Å². The second-order valence-corrected chi connectivity index (χ2v) is 9.41. The van der Waals surface area contributed by atoms with Gasteiger partial charge in [0.1, 0.15) is 24.0 Å². The van der Waals surface area contributed by atoms with Crippen LogP contribution in [0.1, 0.15) is 26.3 Å². The number of aromatic amines is 1. The third kappa shape index (κ3) is 7.64. The SMILES string of the molecule is CO[C@H](/C(=N/OCC(=O)N[C@@H](Cc1c[nH]c2ccccc12)C(=O)Nc1ccccc1)[C@@H](O)[C@@H](C)O)C(C)C. The van der Waals surface area contributed by atoms with Gasteiger partial charge in [0.15, 0.2) is 6.61 Å². The van der Waals surface area contributed by atoms with E-state index >= 15 is 0 Å². The highest BCUT2D eigenvalue weighted by Crippen LogP contribution is 2.20. The van der Waals surface area contributed by atoms with Crippen LogP contribution >= 0.6 is 0 Å². The third-order valence-electron chi connectivity index (χ3n) is 6.07. The first-order valence-corrected chi connectivity index (χ1v) is 12.5. The molecule has 1 aromatic heterocycles. The highest BCUT2D eigenvalue weighted by atomic mass is 16.6. The van der Waals surface area contributed by atoms with Crippen LogP contribution in [-0.4, -0.2) is 70.8 Å². The summed E-state index contributed by atoms with van der Waals surface area (Å²) in [6, 6.07) is 15.8. The maximum Gasteiger partial charge on any atom is 0.261 e. The number of H-pyrrole nitrogens is 1. The van der Waals surface area contributed by atoms with Gasteiger partial charge in [-0.2, -0.15) is 0 Å². The molecule has 10 heteroatoms. The van der Waals surface area contributed by atoms with Gasteiger partial charge in [0, 0.05) is 36.3 Å². The van der Waals surface area contributed by atoms with E-state index in [2.05, 4.69) is 20.8 Å². The Bertz CT molecular complexity index is 1220. The second kappa shape index (κ2) is 13.7. The number of anilines is 1. The van der Waals surface area contributed by atoms with E-state index in [1.807, 2.05) is 50.4 Å². The molecule has 0 unspecified atom stereocenters. The van der Waals surface area contributed by atoms with Crippen molar-refractivity contribution in [2.75, 3.05) is 19.0 Å². The monoisotopic (exact) mass is 524 g/mol. The van der Waals surface area contributed by atoms with Gasteiger partial charge in [0.05, 0.1) is 6.10 Å². The first kappa shape index (κ1) is 28.8. The van der Waals surface area contributed by atoms with Crippen molar-refractivity contribution in [3.63, 3.8) is 0 Å². The number of aliphatic hydroxyl groups is 2. The van der Waals surface area contributed by atoms with Crippen molar-refractivity contribution < 1.29 is 29.4 Å². The summed E-state index contributed by atoms with van der Waals surface area (Å²) in [5, 5.41) is 30.7. The van der Waals surface area contributed by atoms with Crippen LogP contribution in [0.2, 0.25) is 0 Å². The number of hydrogen-bond donors (Lipinski definition) is 5. The maximum atomic E-state index is 13.2. The molecule has 4 atom stereocenters. The van der Waals surface area contributed by atoms with Crippen LogP contribution in [0.3, 0.4) is 0 Å². The zero-order valence-electron chi connectivity index (χ0n) is 22.0. The van der Waals surface area contributed by atoms with Crippen LogP contribution in [0.4, 0.5) is 5.69 Å². The molecule has 204 valence electrons. The molecule has 0 spiro atoms. The molecule has 0 aliphatic heterocycles. The molecular formula is C28H36N4O6. The number of benzene rings is 2. The second-order valence-electron chi connectivity index (χ2n) is 9.41. The van der Waals surface area contributed by atoms with Crippen molar-refractivity contribution >= 4 is 34.1 Å². The highest BCUT2D eigenvalue weighted by Gasteiger charge is 2.30. The van der Waals surface area contributed by atoms with Crippen LogP contribution in [-0.2, 0) is 25.6 Å². The van der Waals surface area contributed by atoms with E-state index in [-0.39, 0.29) is 24.0 Å². The Kier molecular flexibility index (Phi) is 10.4. The number of aromatic nitrogens is 1. The molecule has 0 fully saturated rings. The summed E-state index contributed by atoms with van der Waals surface area (Å²) >= 11 is 0. The van der Waals surface area contributed by atoms with Crippen LogP contribution in [0.25, 0.3) is 10.9 Å². The number of oxime groups is 1. The van der Waals surface area contributed by atoms with E-state index in [0.29, 0.717) is 5.69 Å². The molecule has 38 heavy (non-hydrogen) atoms. The van der Waals surface area contributed by atoms with Gasteiger partial charge in [0.25, 0.3) is 5.91 Å². The fourth-order valence-electron chi connectivity index (χ4n) is 4.14. The molecule has 3 aromatic rings. The number of ether oxygens (including phenoxy) is 1. The summed E-state index contributed by atoms with van der Waals surface area (Å²) in [6.07, 6.45) is -1.03. The van der Waals surface area contributed by atoms with E-state index in [9.17, 15) is 19.8 Å². The molecule has 5 N–H and O–H groups in total. The van der Waals surface area contributed by atoms with Gasteiger partial charge in [-0.25, -0.2) is 0 Å². The minimum absolute atomic E-state index is 0.0717. The molecule has 0 saturated carbocycles. The molecule has 0 aliphatic carbocycles. The zero-order chi connectivity index (χ0) is 27.7. The Morgan fingerprint density at radius 3 is 2.37 bits per heavy atom. The number of hydrogen-bond acceptors (Lipinski definition) is 7. The molecule has 3 rings (SSSR count). The van der Waals surface area contributed by atoms with Gasteiger partial charge >= 0.3 is 0 Å². The number of amides is 2. The predicted octanol–water partition coefficient (Wildman–Crippen LogP) is 2.62. The van der Waals surface area contributed by atoms with Gasteiger partial charge in [-0.3, -0.25) is 9.59 Å². The smallest absolute Gasteiger partial charge is 0.261 e. The summed E-state index contributed by atoms with van der Waals surface area (Å²) in [6.45, 7) is 4.64. The van der Waals surface area contributed by atoms with Crippen molar-refractivity contribution in [2.45, 2.75) is 51.5 Å². The predicted molar refractivity (Wildman–Crippen MR) is 146 cm³/mol. The molecule has 2 amide bonds. The topological polar surface area (TPSA) is 145 Å². The number of carbonyl (C=O) groups is 2. The summed E-state index contributed by atoms with van der Waals surface area (Å²) in [5.74, 6) is -1.04. The lowest BCUT2D eigenvalue weighted by Gasteiger charge is -2.25. The lowest BCUT2D eigenvalue weighted by atomic mass is 9.96. The Balaban J connectivity index is 1.75. The van der Waals surface area contributed by atoms with Crippen molar-refractivity contribution in [2.24, 2.45) is 11.1 Å². The summed E-state index contributed by atoms with van der Waals surface area (Å²) in [7, 11) is 1.46. The number of methoxy groups -OCH3 is 1. The van der Waals surface area contributed by atoms with Gasteiger partial charge < -0.3 is 35.4 Å². The zero-order valence-corrected chi connectivity index (χ0v) is 22.0. The van der Waals surface area contributed by atoms with E-state index in [0.717, 1.165) is 16.5 Å². The minimum Gasteiger partial charge on any atom is -0.390 e. The maximum absolute atomic E-state index is 13.2. The first-order valence-electron chi connectivity index (χ1n) is 12.5. The van der Waals surface area contributed by atoms with Crippen LogP contribution in [0, 0.1) is 5.92 Å². The Hall–Kier alpha value is -3.73. The first-order chi connectivity index (χ1) is 18.2. The highest BCUT2D eigenvalue weighted by molar-refractivity contribution is 5.98. The van der Waals surface area contributed by atoms with Crippen molar-refractivity contribution in [3.05, 3.63) is 66.4 Å². The molecule has 0 aliphatic rings. The number of carbonyl (C=O) groups excluding carboxylic acids is 2. The fraction of sp³-hybridized carbons (Fsp3) is 0.393. The molecular weight excluding hydrogens is 488 g/mol. The van der Waals surface area contributed by atoms with E-state index < -0.39 is 36.9 Å². The Morgan fingerprint density at radius 2 is 1.71 bits per heavy atom. The summed E-state index contributed by atoms with van der Waals surface area (Å²) < 4.78 is 5.41. The van der Waals surface area contributed by atoms with Crippen LogP contribution < -0.4 is 10.6 Å². The fourth-order valence-corrected chi connectivity index (χ4v) is 4.14. The molecule has 1 heterocycles. The van der Waals surface area contributed by atoms with Crippen LogP contribution in [0.15, 0.2) is 65.9 Å². The average molecular weight is 525 g/mol. The number of fused-ring (bicyclic) bond motifs is 1. The number of para-hydroxylation sites is 2. The minimum atomic E-state index is -1.34. The van der Waals surface area contributed by atoms with E-state index in [1.54, 1.807) is 24.3 Å². The van der Waals surface area contributed by atoms with Crippen molar-refractivity contribution in [1.82, 2.24) is 10.3 Å². The van der Waals surface area contributed by atoms with Gasteiger partial charge in [-0.05, 0) is 36.6 Å². The molecule has 0 saturated heterocycles. The van der Waals surface area contributed by atoms with Crippen molar-refractivity contribution in [3.8, 4) is 0 Å². The average Bonchev–Trinajstić information content (AvgIpc) is 3.30. The van der Waals surface area contributed by atoms with Crippen molar-refractivity contribution in [1.29, 1.82) is 0 Å². The largest absolute Gasteiger partial charge is 0.390 e. The molecule has 2 aromatic carbocycles. The Labute approximate surface area is 222 Å². The van der Waals surface area contributed by atoms with E-state index in [1.165, 1.54) is 14.0 Å². The standard InChI is InChI=1S/C28H36N4O6/c1-17(2)27(37-4)25(26(35)18(3)33)32-38-16-24(34)31-23(28(36)30-20-10-6-5-7-11-20)14-19-15-29-22-13-9-8-12-21(19)22/h5-13,15,17-18,23,26-27,29,33,35H,14,16H2,1-4H3,(H,30,36)(H,31,34)/b32-25+/t18-,23+,26+,27+/m1/s1.